The lowest BCUT2D eigenvalue weighted by Gasteiger charge is -2.31. The zero-order valence-corrected chi connectivity index (χ0v) is 28.9. The van der Waals surface area contributed by atoms with Crippen LogP contribution in [-0.2, 0) is 20.4 Å². The molecule has 1 aromatic heterocycles. The average Bonchev–Trinajstić information content (AvgIpc) is 3.57. The average molecular weight is 609 g/mol. The Morgan fingerprint density at radius 3 is 1.71 bits per heavy atom. The molecule has 0 saturated carbocycles. The highest BCUT2D eigenvalue weighted by atomic mass is 16.3. The Morgan fingerprint density at radius 1 is 0.733 bits per heavy atom. The summed E-state index contributed by atoms with van der Waals surface area (Å²) in [6, 6.07) is 7.45. The van der Waals surface area contributed by atoms with E-state index in [0.717, 1.165) is 28.0 Å². The Kier molecular flexibility index (Phi) is 8.56. The molecule has 0 spiro atoms. The number of ketones is 3. The number of aliphatic imine (C=N–C) groups is 1. The molecule has 0 unspecified atom stereocenters. The third kappa shape index (κ3) is 7.11. The summed E-state index contributed by atoms with van der Waals surface area (Å²) in [5.74, 6) is -0.372. The van der Waals surface area contributed by atoms with Crippen LogP contribution in [0.3, 0.4) is 0 Å². The summed E-state index contributed by atoms with van der Waals surface area (Å²) in [4.78, 5) is 47.6. The Labute approximate surface area is 268 Å². The maximum Gasteiger partial charge on any atom is 0.188 e. The number of aromatic nitrogens is 1. The number of phenols is 1. The maximum atomic E-state index is 13.3. The summed E-state index contributed by atoms with van der Waals surface area (Å²) >= 11 is 0. The molecule has 6 nitrogen and oxygen atoms in total. The van der Waals surface area contributed by atoms with E-state index in [1.54, 1.807) is 18.2 Å². The summed E-state index contributed by atoms with van der Waals surface area (Å²) in [5.41, 5.74) is 5.30. The molecule has 4 rings (SSSR count). The fourth-order valence-corrected chi connectivity index (χ4v) is 5.56. The van der Waals surface area contributed by atoms with Crippen LogP contribution < -0.4 is 0 Å². The van der Waals surface area contributed by atoms with E-state index in [1.165, 1.54) is 0 Å². The zero-order valence-electron chi connectivity index (χ0n) is 28.9. The van der Waals surface area contributed by atoms with Gasteiger partial charge in [0.1, 0.15) is 11.5 Å². The largest absolute Gasteiger partial charge is 0.507 e. The van der Waals surface area contributed by atoms with Gasteiger partial charge in [0.25, 0.3) is 0 Å². The third-order valence-corrected chi connectivity index (χ3v) is 8.27. The van der Waals surface area contributed by atoms with Crippen molar-refractivity contribution in [1.29, 1.82) is 0 Å². The third-order valence-electron chi connectivity index (χ3n) is 8.27. The lowest BCUT2D eigenvalue weighted by atomic mass is 9.71. The minimum atomic E-state index is -0.371. The van der Waals surface area contributed by atoms with Crippen molar-refractivity contribution < 1.29 is 19.5 Å². The SMILES string of the molecule is CC(C)(C)C1=CC(=C2C=CC(C(=O)CC(=O)c3ccc(-c4cc(C(C)(C)C)c(O)c(C(C)(C)C)c4)[nH]3)=N2)C=C(C(C)(C)C)C1=O. The highest BCUT2D eigenvalue weighted by Gasteiger charge is 2.35. The molecule has 2 aromatic rings. The maximum absolute atomic E-state index is 13.3. The molecule has 238 valence electrons. The van der Waals surface area contributed by atoms with Crippen LogP contribution in [0.25, 0.3) is 11.3 Å². The predicted octanol–water partition coefficient (Wildman–Crippen LogP) is 8.92. The standard InChI is InChI=1S/C39H48N2O4/c1-36(2,3)24-17-22(18-25(34(24)44)37(4,5)6)28-13-15-30(40-28)32(42)21-33(43)31-16-14-29(41-31)23-19-26(38(7,8)9)35(45)27(20-23)39(10,11)12/h13-20,40,44H,21H2,1-12H3. The van der Waals surface area contributed by atoms with Crippen LogP contribution in [0.15, 0.2) is 76.0 Å². The topological polar surface area (TPSA) is 99.6 Å². The fraction of sp³-hybridized carbons (Fsp3) is 0.436. The van der Waals surface area contributed by atoms with Gasteiger partial charge in [-0.2, -0.15) is 0 Å². The number of phenolic OH excluding ortho intramolecular Hbond substituents is 1. The number of nitrogens with zero attached hydrogens (tertiary/aromatic N) is 1. The number of benzene rings is 1. The van der Waals surface area contributed by atoms with Crippen molar-refractivity contribution in [3.8, 4) is 17.0 Å². The predicted molar refractivity (Wildman–Crippen MR) is 183 cm³/mol. The summed E-state index contributed by atoms with van der Waals surface area (Å²) in [7, 11) is 0. The van der Waals surface area contributed by atoms with E-state index in [2.05, 4.69) is 51.5 Å². The second kappa shape index (κ2) is 11.4. The van der Waals surface area contributed by atoms with Gasteiger partial charge in [-0.15, -0.1) is 0 Å². The van der Waals surface area contributed by atoms with Crippen LogP contribution in [0, 0.1) is 10.8 Å². The number of hydrogen-bond acceptors (Lipinski definition) is 5. The van der Waals surface area contributed by atoms with Crippen molar-refractivity contribution in [2.75, 3.05) is 0 Å². The molecule has 1 aromatic carbocycles. The van der Waals surface area contributed by atoms with Crippen LogP contribution in [0.1, 0.15) is 111 Å². The second-order valence-corrected chi connectivity index (χ2v) is 16.3. The Morgan fingerprint density at radius 2 is 1.24 bits per heavy atom. The molecule has 1 aliphatic carbocycles. The lowest BCUT2D eigenvalue weighted by molar-refractivity contribution is -0.114. The first-order valence-corrected chi connectivity index (χ1v) is 15.6. The summed E-state index contributed by atoms with van der Waals surface area (Å²) in [5, 5.41) is 11.1. The molecule has 0 saturated heterocycles. The van der Waals surface area contributed by atoms with Crippen molar-refractivity contribution in [2.24, 2.45) is 15.8 Å². The smallest absolute Gasteiger partial charge is 0.188 e. The number of carbonyl (C=O) groups is 3. The normalized spacial score (nSPS) is 16.2. The van der Waals surface area contributed by atoms with Crippen LogP contribution >= 0.6 is 0 Å². The van der Waals surface area contributed by atoms with Gasteiger partial charge in [0.15, 0.2) is 17.3 Å². The number of aromatic hydroxyl groups is 1. The van der Waals surface area contributed by atoms with Crippen LogP contribution in [-0.4, -0.2) is 33.2 Å². The summed E-state index contributed by atoms with van der Waals surface area (Å²) in [6.07, 6.45) is 6.83. The van der Waals surface area contributed by atoms with Gasteiger partial charge in [0.05, 0.1) is 17.8 Å². The van der Waals surface area contributed by atoms with Gasteiger partial charge < -0.3 is 10.1 Å². The fourth-order valence-electron chi connectivity index (χ4n) is 5.56. The summed E-state index contributed by atoms with van der Waals surface area (Å²) in [6.45, 7) is 24.4. The number of aromatic amines is 1. The van der Waals surface area contributed by atoms with Gasteiger partial charge in [-0.05, 0) is 75.8 Å². The van der Waals surface area contributed by atoms with E-state index in [4.69, 9.17) is 0 Å². The first-order chi connectivity index (χ1) is 20.5. The van der Waals surface area contributed by atoms with Gasteiger partial charge in [0.2, 0.25) is 0 Å². The minimum Gasteiger partial charge on any atom is -0.507 e. The van der Waals surface area contributed by atoms with Crippen molar-refractivity contribution in [2.45, 2.75) is 100 Å². The van der Waals surface area contributed by atoms with Gasteiger partial charge >= 0.3 is 0 Å². The van der Waals surface area contributed by atoms with Gasteiger partial charge in [0, 0.05) is 33.5 Å². The molecule has 2 aliphatic rings. The number of H-pyrrole nitrogens is 1. The molecule has 6 heteroatoms. The quantitative estimate of drug-likeness (QED) is 0.261. The van der Waals surface area contributed by atoms with Crippen LogP contribution in [0.2, 0.25) is 0 Å². The van der Waals surface area contributed by atoms with E-state index in [-0.39, 0.29) is 51.1 Å². The van der Waals surface area contributed by atoms with E-state index in [1.807, 2.05) is 71.9 Å². The molecule has 0 amide bonds. The monoisotopic (exact) mass is 608 g/mol. The lowest BCUT2D eigenvalue weighted by Crippen LogP contribution is -2.28. The highest BCUT2D eigenvalue weighted by Crippen LogP contribution is 2.42. The molecule has 2 heterocycles. The summed E-state index contributed by atoms with van der Waals surface area (Å²) < 4.78 is 0. The number of hydrogen-bond donors (Lipinski definition) is 2. The Hall–Kier alpha value is -4.06. The molecule has 0 bridgehead atoms. The number of nitrogens with one attached hydrogen (secondary N) is 1. The number of Topliss-reactive ketones (excluding diaryl/α,β-unsaturated/α-hetero) is 3. The molecular weight excluding hydrogens is 560 g/mol. The molecule has 0 radical (unpaired) electrons. The second-order valence-electron chi connectivity index (χ2n) is 16.3. The highest BCUT2D eigenvalue weighted by molar-refractivity contribution is 6.48. The van der Waals surface area contributed by atoms with E-state index in [0.29, 0.717) is 28.3 Å². The molecule has 1 aliphatic heterocycles. The minimum absolute atomic E-state index is 0.0362. The molecule has 0 atom stereocenters. The van der Waals surface area contributed by atoms with E-state index in [9.17, 15) is 19.5 Å². The van der Waals surface area contributed by atoms with E-state index < -0.39 is 0 Å². The molecular formula is C39H48N2O4. The molecule has 0 fully saturated rings. The first kappa shape index (κ1) is 33.8. The molecule has 2 N–H and O–H groups in total. The van der Waals surface area contributed by atoms with Crippen LogP contribution in [0.5, 0.6) is 5.75 Å². The number of rotatable bonds is 5. The zero-order chi connectivity index (χ0) is 33.9. The number of allylic oxidation sites excluding steroid dienone is 7. The first-order valence-electron chi connectivity index (χ1n) is 15.6. The van der Waals surface area contributed by atoms with Crippen molar-refractivity contribution in [1.82, 2.24) is 4.98 Å². The van der Waals surface area contributed by atoms with Crippen molar-refractivity contribution >= 4 is 23.1 Å². The Bertz CT molecular complexity index is 1670. The van der Waals surface area contributed by atoms with Crippen molar-refractivity contribution in [3.63, 3.8) is 0 Å². The molecule has 45 heavy (non-hydrogen) atoms. The number of carbonyl (C=O) groups excluding carboxylic acids is 3. The van der Waals surface area contributed by atoms with Crippen molar-refractivity contribution in [3.05, 3.63) is 87.8 Å². The van der Waals surface area contributed by atoms with Gasteiger partial charge in [-0.3, -0.25) is 14.4 Å². The van der Waals surface area contributed by atoms with E-state index >= 15 is 0 Å². The van der Waals surface area contributed by atoms with Crippen LogP contribution in [0.4, 0.5) is 0 Å². The van der Waals surface area contributed by atoms with Gasteiger partial charge in [-0.1, -0.05) is 83.1 Å². The Balaban J connectivity index is 1.61. The van der Waals surface area contributed by atoms with Gasteiger partial charge in [-0.25, -0.2) is 4.99 Å².